The molecule has 1 aromatic heterocycles. The van der Waals surface area contributed by atoms with Crippen LogP contribution in [0.5, 0.6) is 5.75 Å². The van der Waals surface area contributed by atoms with Crippen LogP contribution in [0.3, 0.4) is 0 Å². The molecule has 1 aromatic carbocycles. The van der Waals surface area contributed by atoms with E-state index in [0.29, 0.717) is 19.0 Å². The number of esters is 1. The van der Waals surface area contributed by atoms with Gasteiger partial charge in [0.05, 0.1) is 14.2 Å². The Kier molecular flexibility index (Phi) is 6.74. The number of methoxy groups -OCH3 is 2. The molecular weight excluding hydrogens is 398 g/mol. The molecule has 1 aliphatic rings. The minimum absolute atomic E-state index is 0.0565. The van der Waals surface area contributed by atoms with Gasteiger partial charge < -0.3 is 9.47 Å². The molecule has 8 heteroatoms. The number of benzene rings is 1. The van der Waals surface area contributed by atoms with Crippen molar-refractivity contribution in [3.8, 4) is 5.75 Å². The molecule has 0 bridgehead atoms. The van der Waals surface area contributed by atoms with E-state index in [4.69, 9.17) is 9.47 Å². The summed E-state index contributed by atoms with van der Waals surface area (Å²) in [6.07, 6.45) is 3.66. The third-order valence-electron chi connectivity index (χ3n) is 5.19. The molecule has 1 aliphatic heterocycles. The van der Waals surface area contributed by atoms with E-state index in [1.54, 1.807) is 12.5 Å². The van der Waals surface area contributed by atoms with Gasteiger partial charge in [-0.2, -0.15) is 4.31 Å². The predicted octanol–water partition coefficient (Wildman–Crippen LogP) is 3.58. The molecule has 0 saturated carbocycles. The Morgan fingerprint density at radius 3 is 2.43 bits per heavy atom. The Morgan fingerprint density at radius 2 is 1.82 bits per heavy atom. The van der Waals surface area contributed by atoms with Crippen molar-refractivity contribution in [1.82, 2.24) is 4.31 Å². The van der Waals surface area contributed by atoms with Crippen LogP contribution in [0.4, 0.5) is 0 Å². The standard InChI is InChI=1S/C20H25NO5S2/c1-25-17-7-5-15(6-8-17)3-4-16-9-12-21(13-10-16)28(23,24)18-11-14-27-19(18)20(22)26-2/h5-8,11,14,16H,3-4,9-10,12-13H2,1-2H3. The normalized spacial score (nSPS) is 16.1. The maximum absolute atomic E-state index is 12.9. The zero-order valence-corrected chi connectivity index (χ0v) is 17.7. The topological polar surface area (TPSA) is 72.9 Å². The third-order valence-corrected chi connectivity index (χ3v) is 8.16. The van der Waals surface area contributed by atoms with Gasteiger partial charge in [0.2, 0.25) is 10.0 Å². The summed E-state index contributed by atoms with van der Waals surface area (Å²) in [7, 11) is -0.763. The molecular formula is C20H25NO5S2. The van der Waals surface area contributed by atoms with Crippen molar-refractivity contribution in [1.29, 1.82) is 0 Å². The molecule has 152 valence electrons. The first-order chi connectivity index (χ1) is 13.5. The molecule has 0 unspecified atom stereocenters. The van der Waals surface area contributed by atoms with Gasteiger partial charge in [-0.3, -0.25) is 0 Å². The number of rotatable bonds is 7. The number of aryl methyl sites for hydroxylation is 1. The lowest BCUT2D eigenvalue weighted by molar-refractivity contribution is 0.0602. The molecule has 0 atom stereocenters. The summed E-state index contributed by atoms with van der Waals surface area (Å²) >= 11 is 1.09. The maximum Gasteiger partial charge on any atom is 0.349 e. The lowest BCUT2D eigenvalue weighted by Gasteiger charge is -2.31. The van der Waals surface area contributed by atoms with Crippen LogP contribution in [0.25, 0.3) is 0 Å². The van der Waals surface area contributed by atoms with Gasteiger partial charge in [0.1, 0.15) is 15.5 Å². The number of thiophene rings is 1. The van der Waals surface area contributed by atoms with Crippen molar-refractivity contribution in [3.05, 3.63) is 46.2 Å². The molecule has 0 radical (unpaired) electrons. The molecule has 0 aliphatic carbocycles. The fourth-order valence-electron chi connectivity index (χ4n) is 3.48. The van der Waals surface area contributed by atoms with E-state index in [2.05, 4.69) is 12.1 Å². The van der Waals surface area contributed by atoms with Crippen LogP contribution in [-0.2, 0) is 21.2 Å². The monoisotopic (exact) mass is 423 g/mol. The molecule has 6 nitrogen and oxygen atoms in total. The molecule has 3 rings (SSSR count). The van der Waals surface area contributed by atoms with Crippen molar-refractivity contribution in [2.75, 3.05) is 27.3 Å². The van der Waals surface area contributed by atoms with Crippen LogP contribution in [-0.4, -0.2) is 46.0 Å². The van der Waals surface area contributed by atoms with Gasteiger partial charge in [-0.05, 0) is 60.7 Å². The summed E-state index contributed by atoms with van der Waals surface area (Å²) < 4.78 is 37.3. The Balaban J connectivity index is 1.57. The predicted molar refractivity (Wildman–Crippen MR) is 108 cm³/mol. The number of piperidine rings is 1. The highest BCUT2D eigenvalue weighted by Gasteiger charge is 2.33. The first-order valence-electron chi connectivity index (χ1n) is 9.24. The average molecular weight is 424 g/mol. The smallest absolute Gasteiger partial charge is 0.349 e. The molecule has 0 N–H and O–H groups in total. The number of carbonyl (C=O) groups excluding carboxylic acids is 1. The second-order valence-electron chi connectivity index (χ2n) is 6.84. The Hall–Kier alpha value is -1.90. The van der Waals surface area contributed by atoms with Gasteiger partial charge >= 0.3 is 5.97 Å². The summed E-state index contributed by atoms with van der Waals surface area (Å²) in [5.41, 5.74) is 1.26. The van der Waals surface area contributed by atoms with E-state index in [-0.39, 0.29) is 9.77 Å². The zero-order chi connectivity index (χ0) is 20.1. The van der Waals surface area contributed by atoms with E-state index in [0.717, 1.165) is 42.8 Å². The van der Waals surface area contributed by atoms with E-state index < -0.39 is 16.0 Å². The number of nitrogens with zero attached hydrogens (tertiary/aromatic N) is 1. The van der Waals surface area contributed by atoms with Crippen LogP contribution in [0.1, 0.15) is 34.5 Å². The van der Waals surface area contributed by atoms with Crippen molar-refractivity contribution in [2.45, 2.75) is 30.6 Å². The SMILES string of the molecule is COC(=O)c1sccc1S(=O)(=O)N1CCC(CCc2ccc(OC)cc2)CC1. The largest absolute Gasteiger partial charge is 0.497 e. The average Bonchev–Trinajstić information content (AvgIpc) is 3.23. The van der Waals surface area contributed by atoms with Crippen molar-refractivity contribution in [2.24, 2.45) is 5.92 Å². The number of carbonyl (C=O) groups is 1. The fourth-order valence-corrected chi connectivity index (χ4v) is 6.26. The minimum atomic E-state index is -3.67. The lowest BCUT2D eigenvalue weighted by atomic mass is 9.91. The van der Waals surface area contributed by atoms with Crippen LogP contribution in [0.2, 0.25) is 0 Å². The number of sulfonamides is 1. The quantitative estimate of drug-likeness (QED) is 0.637. The Bertz CT molecular complexity index is 897. The number of hydrogen-bond donors (Lipinski definition) is 0. The van der Waals surface area contributed by atoms with Gasteiger partial charge in [-0.1, -0.05) is 12.1 Å². The maximum atomic E-state index is 12.9. The van der Waals surface area contributed by atoms with E-state index in [1.807, 2.05) is 12.1 Å². The van der Waals surface area contributed by atoms with Crippen molar-refractivity contribution >= 4 is 27.3 Å². The highest BCUT2D eigenvalue weighted by molar-refractivity contribution is 7.89. The fraction of sp³-hybridized carbons (Fsp3) is 0.450. The molecule has 1 saturated heterocycles. The highest BCUT2D eigenvalue weighted by Crippen LogP contribution is 2.30. The summed E-state index contributed by atoms with van der Waals surface area (Å²) in [6.45, 7) is 0.956. The zero-order valence-electron chi connectivity index (χ0n) is 16.1. The molecule has 2 heterocycles. The van der Waals surface area contributed by atoms with Gasteiger partial charge in [0.15, 0.2) is 0 Å². The second kappa shape index (κ2) is 9.07. The lowest BCUT2D eigenvalue weighted by Crippen LogP contribution is -2.38. The van der Waals surface area contributed by atoms with E-state index in [1.165, 1.54) is 23.0 Å². The highest BCUT2D eigenvalue weighted by atomic mass is 32.2. The van der Waals surface area contributed by atoms with Gasteiger partial charge in [-0.15, -0.1) is 11.3 Å². The number of hydrogen-bond acceptors (Lipinski definition) is 6. The Labute approximate surface area is 170 Å². The van der Waals surface area contributed by atoms with Gasteiger partial charge in [0, 0.05) is 13.1 Å². The summed E-state index contributed by atoms with van der Waals surface area (Å²) in [6, 6.07) is 9.56. The molecule has 1 fully saturated rings. The first kappa shape index (κ1) is 20.8. The summed E-state index contributed by atoms with van der Waals surface area (Å²) in [5.74, 6) is 0.737. The van der Waals surface area contributed by atoms with Crippen LogP contribution in [0, 0.1) is 5.92 Å². The molecule has 0 amide bonds. The Morgan fingerprint density at radius 1 is 1.14 bits per heavy atom. The van der Waals surface area contributed by atoms with Crippen molar-refractivity contribution in [3.63, 3.8) is 0 Å². The minimum Gasteiger partial charge on any atom is -0.497 e. The van der Waals surface area contributed by atoms with Crippen LogP contribution in [0.15, 0.2) is 40.6 Å². The van der Waals surface area contributed by atoms with Crippen LogP contribution < -0.4 is 4.74 Å². The number of ether oxygens (including phenoxy) is 2. The van der Waals surface area contributed by atoms with E-state index in [9.17, 15) is 13.2 Å². The van der Waals surface area contributed by atoms with Gasteiger partial charge in [0.25, 0.3) is 0 Å². The van der Waals surface area contributed by atoms with E-state index >= 15 is 0 Å². The van der Waals surface area contributed by atoms with Crippen molar-refractivity contribution < 1.29 is 22.7 Å². The summed E-state index contributed by atoms with van der Waals surface area (Å²) in [5, 5.41) is 1.61. The summed E-state index contributed by atoms with van der Waals surface area (Å²) in [4.78, 5) is 12.0. The second-order valence-corrected chi connectivity index (χ2v) is 9.66. The van der Waals surface area contributed by atoms with Crippen LogP contribution >= 0.6 is 11.3 Å². The van der Waals surface area contributed by atoms with Gasteiger partial charge in [-0.25, -0.2) is 13.2 Å². The first-order valence-corrected chi connectivity index (χ1v) is 11.6. The molecule has 0 spiro atoms. The molecule has 2 aromatic rings. The molecule has 28 heavy (non-hydrogen) atoms. The third kappa shape index (κ3) is 4.56.